The maximum Gasteiger partial charge on any atom is 0.337 e. The first-order chi connectivity index (χ1) is 13.5. The van der Waals surface area contributed by atoms with Crippen LogP contribution < -0.4 is 10.6 Å². The molecule has 0 radical (unpaired) electrons. The molecule has 2 aliphatic rings. The summed E-state index contributed by atoms with van der Waals surface area (Å²) in [7, 11) is 0. The van der Waals surface area contributed by atoms with E-state index in [-0.39, 0.29) is 17.9 Å². The fraction of sp³-hybridized carbons (Fsp3) is 0.524. The highest BCUT2D eigenvalue weighted by Crippen LogP contribution is 2.24. The van der Waals surface area contributed by atoms with Crippen LogP contribution in [0, 0.1) is 11.7 Å². The highest BCUT2D eigenvalue weighted by molar-refractivity contribution is 5.94. The molecule has 0 bridgehead atoms. The van der Waals surface area contributed by atoms with Crippen molar-refractivity contribution in [3.8, 4) is 0 Å². The van der Waals surface area contributed by atoms with Gasteiger partial charge in [0.25, 0.3) is 0 Å². The average Bonchev–Trinajstić information content (AvgIpc) is 2.63. The number of hydrogen-bond acceptors (Lipinski definition) is 4. The number of hydrogen-bond donors (Lipinski definition) is 2. The Morgan fingerprint density at radius 2 is 2.07 bits per heavy atom. The number of nitrogens with one attached hydrogen (secondary N) is 2. The van der Waals surface area contributed by atoms with Crippen LogP contribution in [0.2, 0.25) is 0 Å². The second-order valence-corrected chi connectivity index (χ2v) is 7.49. The molecule has 7 heteroatoms. The van der Waals surface area contributed by atoms with Gasteiger partial charge in [0.1, 0.15) is 5.82 Å². The third-order valence-corrected chi connectivity index (χ3v) is 5.37. The Hall–Kier alpha value is -2.41. The minimum atomic E-state index is -0.390. The van der Waals surface area contributed by atoms with Crippen LogP contribution in [-0.4, -0.2) is 49.2 Å². The van der Waals surface area contributed by atoms with Crippen LogP contribution >= 0.6 is 0 Å². The van der Waals surface area contributed by atoms with Gasteiger partial charge in [-0.25, -0.2) is 14.0 Å². The first kappa shape index (κ1) is 20.3. The summed E-state index contributed by atoms with van der Waals surface area (Å²) < 4.78 is 18.5. The van der Waals surface area contributed by atoms with Gasteiger partial charge in [-0.05, 0) is 69.8 Å². The number of esters is 1. The predicted molar refractivity (Wildman–Crippen MR) is 104 cm³/mol. The first-order valence-corrected chi connectivity index (χ1v) is 9.90. The van der Waals surface area contributed by atoms with Gasteiger partial charge in [-0.15, -0.1) is 0 Å². The van der Waals surface area contributed by atoms with Crippen LogP contribution in [0.5, 0.6) is 0 Å². The molecule has 0 saturated carbocycles. The Bertz CT molecular complexity index is 757. The number of halogens is 1. The zero-order valence-electron chi connectivity index (χ0n) is 16.5. The highest BCUT2D eigenvalue weighted by atomic mass is 19.1. The van der Waals surface area contributed by atoms with E-state index in [4.69, 9.17) is 4.74 Å². The Morgan fingerprint density at radius 3 is 2.75 bits per heavy atom. The number of ether oxygens (including phenoxy) is 1. The molecule has 1 saturated heterocycles. The van der Waals surface area contributed by atoms with Gasteiger partial charge in [-0.1, -0.05) is 12.1 Å². The molecule has 1 aromatic carbocycles. The van der Waals surface area contributed by atoms with Crippen molar-refractivity contribution in [2.45, 2.75) is 39.2 Å². The molecule has 0 aliphatic carbocycles. The number of urea groups is 1. The number of amides is 2. The third kappa shape index (κ3) is 5.10. The number of carbonyl (C=O) groups excluding carboxylic acids is 2. The van der Waals surface area contributed by atoms with Gasteiger partial charge in [0.2, 0.25) is 0 Å². The second-order valence-electron chi connectivity index (χ2n) is 7.49. The van der Waals surface area contributed by atoms with Gasteiger partial charge in [0.15, 0.2) is 0 Å². The lowest BCUT2D eigenvalue weighted by molar-refractivity contribution is -0.139. The van der Waals surface area contributed by atoms with E-state index >= 15 is 0 Å². The summed E-state index contributed by atoms with van der Waals surface area (Å²) in [4.78, 5) is 26.5. The van der Waals surface area contributed by atoms with Gasteiger partial charge in [0, 0.05) is 12.2 Å². The van der Waals surface area contributed by atoms with Gasteiger partial charge in [0.05, 0.1) is 18.2 Å². The van der Waals surface area contributed by atoms with E-state index in [0.29, 0.717) is 30.3 Å². The summed E-state index contributed by atoms with van der Waals surface area (Å²) in [5.74, 6) is -0.0688. The van der Waals surface area contributed by atoms with Crippen molar-refractivity contribution in [1.29, 1.82) is 0 Å². The van der Waals surface area contributed by atoms with E-state index in [2.05, 4.69) is 15.5 Å². The molecule has 152 valence electrons. The van der Waals surface area contributed by atoms with E-state index in [1.54, 1.807) is 26.0 Å². The Balaban J connectivity index is 1.61. The highest BCUT2D eigenvalue weighted by Gasteiger charge is 2.31. The SMILES string of the molecule is CCOC(=O)C1=C(CN2CCC(Cc3cccc(F)c3)CC2)NC(=O)NC1C. The molecule has 1 aromatic rings. The summed E-state index contributed by atoms with van der Waals surface area (Å²) in [6.45, 7) is 6.10. The van der Waals surface area contributed by atoms with Crippen LogP contribution in [0.1, 0.15) is 32.3 Å². The lowest BCUT2D eigenvalue weighted by Crippen LogP contribution is -2.51. The number of benzene rings is 1. The van der Waals surface area contributed by atoms with Gasteiger partial charge in [-0.3, -0.25) is 4.90 Å². The van der Waals surface area contributed by atoms with E-state index in [0.717, 1.165) is 37.9 Å². The molecule has 0 aromatic heterocycles. The van der Waals surface area contributed by atoms with Crippen LogP contribution in [-0.2, 0) is 16.0 Å². The van der Waals surface area contributed by atoms with E-state index in [9.17, 15) is 14.0 Å². The van der Waals surface area contributed by atoms with Crippen LogP contribution in [0.25, 0.3) is 0 Å². The van der Waals surface area contributed by atoms with Crippen molar-refractivity contribution >= 4 is 12.0 Å². The fourth-order valence-electron chi connectivity index (χ4n) is 3.97. The molecule has 2 aliphatic heterocycles. The molecule has 6 nitrogen and oxygen atoms in total. The van der Waals surface area contributed by atoms with E-state index < -0.39 is 5.97 Å². The van der Waals surface area contributed by atoms with Gasteiger partial charge >= 0.3 is 12.0 Å². The molecule has 2 amide bonds. The quantitative estimate of drug-likeness (QED) is 0.734. The molecule has 2 N–H and O–H groups in total. The molecule has 3 rings (SSSR count). The van der Waals surface area contributed by atoms with Gasteiger partial charge in [-0.2, -0.15) is 0 Å². The predicted octanol–water partition coefficient (Wildman–Crippen LogP) is 2.60. The minimum Gasteiger partial charge on any atom is -0.463 e. The number of rotatable bonds is 6. The number of nitrogens with zero attached hydrogens (tertiary/aromatic N) is 1. The van der Waals surface area contributed by atoms with Gasteiger partial charge < -0.3 is 15.4 Å². The van der Waals surface area contributed by atoms with Crippen molar-refractivity contribution in [2.24, 2.45) is 5.92 Å². The van der Waals surface area contributed by atoms with Crippen molar-refractivity contribution < 1.29 is 18.7 Å². The summed E-state index contributed by atoms with van der Waals surface area (Å²) in [6.07, 6.45) is 2.88. The summed E-state index contributed by atoms with van der Waals surface area (Å²) in [5.41, 5.74) is 2.15. The summed E-state index contributed by atoms with van der Waals surface area (Å²) >= 11 is 0. The molecular weight excluding hydrogens is 361 g/mol. The molecule has 1 fully saturated rings. The number of piperidine rings is 1. The average molecular weight is 389 g/mol. The molecular formula is C21H28FN3O3. The lowest BCUT2D eigenvalue weighted by atomic mass is 9.90. The second kappa shape index (κ2) is 9.19. The molecule has 0 spiro atoms. The van der Waals surface area contributed by atoms with Crippen molar-refractivity contribution in [3.05, 3.63) is 46.9 Å². The van der Waals surface area contributed by atoms with Crippen LogP contribution in [0.4, 0.5) is 9.18 Å². The van der Waals surface area contributed by atoms with Crippen LogP contribution in [0.3, 0.4) is 0 Å². The zero-order chi connectivity index (χ0) is 20.1. The smallest absolute Gasteiger partial charge is 0.337 e. The maximum atomic E-state index is 13.4. The largest absolute Gasteiger partial charge is 0.463 e. The summed E-state index contributed by atoms with van der Waals surface area (Å²) in [6, 6.07) is 6.12. The minimum absolute atomic E-state index is 0.191. The fourth-order valence-corrected chi connectivity index (χ4v) is 3.97. The van der Waals surface area contributed by atoms with Crippen molar-refractivity contribution in [2.75, 3.05) is 26.2 Å². The molecule has 2 heterocycles. The monoisotopic (exact) mass is 389 g/mol. The summed E-state index contributed by atoms with van der Waals surface area (Å²) in [5, 5.41) is 5.50. The van der Waals surface area contributed by atoms with E-state index in [1.165, 1.54) is 6.07 Å². The maximum absolute atomic E-state index is 13.4. The molecule has 1 atom stereocenters. The number of likely N-dealkylation sites (tertiary alicyclic amines) is 1. The Kier molecular flexibility index (Phi) is 6.67. The Labute approximate surface area is 165 Å². The lowest BCUT2D eigenvalue weighted by Gasteiger charge is -2.35. The first-order valence-electron chi connectivity index (χ1n) is 9.90. The number of carbonyl (C=O) groups is 2. The standard InChI is InChI=1S/C21H28FN3O3/c1-3-28-20(26)19-14(2)23-21(27)24-18(19)13-25-9-7-15(8-10-25)11-16-5-4-6-17(22)12-16/h4-6,12,14-15H,3,7-11,13H2,1-2H3,(H2,23,24,27). The topological polar surface area (TPSA) is 70.7 Å². The third-order valence-electron chi connectivity index (χ3n) is 5.37. The van der Waals surface area contributed by atoms with Crippen molar-refractivity contribution in [1.82, 2.24) is 15.5 Å². The normalized spacial score (nSPS) is 21.2. The Morgan fingerprint density at radius 1 is 1.32 bits per heavy atom. The van der Waals surface area contributed by atoms with Crippen molar-refractivity contribution in [3.63, 3.8) is 0 Å². The zero-order valence-corrected chi connectivity index (χ0v) is 16.5. The van der Waals surface area contributed by atoms with E-state index in [1.807, 2.05) is 6.07 Å². The molecule has 28 heavy (non-hydrogen) atoms. The molecule has 1 unspecified atom stereocenters. The van der Waals surface area contributed by atoms with Crippen LogP contribution in [0.15, 0.2) is 35.5 Å².